The SMILES string of the molecule is Nc1cc(Nc2nc(N3CCC[C@@H]3CO)nc3nn[nH]c23)ccc1Cl. The molecule has 1 aliphatic heterocycles. The highest BCUT2D eigenvalue weighted by molar-refractivity contribution is 6.33. The Balaban J connectivity index is 1.74. The summed E-state index contributed by atoms with van der Waals surface area (Å²) in [4.78, 5) is 11.1. The molecule has 4 rings (SSSR count). The van der Waals surface area contributed by atoms with Gasteiger partial charge in [0.15, 0.2) is 5.82 Å². The second-order valence-electron chi connectivity index (χ2n) is 5.92. The number of aromatic amines is 1. The van der Waals surface area contributed by atoms with Gasteiger partial charge in [-0.3, -0.25) is 5.10 Å². The van der Waals surface area contributed by atoms with Crippen LogP contribution >= 0.6 is 11.6 Å². The zero-order chi connectivity index (χ0) is 17.4. The first kappa shape index (κ1) is 15.9. The third kappa shape index (κ3) is 2.92. The number of aliphatic hydroxyl groups is 1. The van der Waals surface area contributed by atoms with Crippen LogP contribution in [0.25, 0.3) is 11.2 Å². The molecule has 10 heteroatoms. The van der Waals surface area contributed by atoms with Gasteiger partial charge >= 0.3 is 0 Å². The Bertz CT molecular complexity index is 914. The molecule has 3 heterocycles. The number of H-pyrrole nitrogens is 1. The summed E-state index contributed by atoms with van der Waals surface area (Å²) < 4.78 is 0. The van der Waals surface area contributed by atoms with Gasteiger partial charge in [0.2, 0.25) is 11.6 Å². The number of nitrogens with two attached hydrogens (primary N) is 1. The van der Waals surface area contributed by atoms with Crippen LogP contribution in [-0.4, -0.2) is 49.7 Å². The molecule has 9 nitrogen and oxygen atoms in total. The number of nitrogens with one attached hydrogen (secondary N) is 2. The molecule has 0 amide bonds. The van der Waals surface area contributed by atoms with E-state index in [0.29, 0.717) is 33.6 Å². The van der Waals surface area contributed by atoms with Crippen LogP contribution < -0.4 is 16.0 Å². The van der Waals surface area contributed by atoms with Crippen molar-refractivity contribution in [2.75, 3.05) is 29.1 Å². The van der Waals surface area contributed by atoms with E-state index in [1.165, 1.54) is 0 Å². The van der Waals surface area contributed by atoms with Gasteiger partial charge in [-0.25, -0.2) is 0 Å². The summed E-state index contributed by atoms with van der Waals surface area (Å²) in [6, 6.07) is 5.27. The van der Waals surface area contributed by atoms with E-state index in [0.717, 1.165) is 25.1 Å². The molecule has 0 spiro atoms. The minimum Gasteiger partial charge on any atom is -0.397 e. The quantitative estimate of drug-likeness (QED) is 0.517. The fraction of sp³-hybridized carbons (Fsp3) is 0.333. The normalized spacial score (nSPS) is 17.4. The minimum atomic E-state index is 0.0170. The van der Waals surface area contributed by atoms with E-state index in [1.807, 2.05) is 11.0 Å². The minimum absolute atomic E-state index is 0.0170. The molecule has 0 saturated carbocycles. The highest BCUT2D eigenvalue weighted by Crippen LogP contribution is 2.29. The molecule has 1 saturated heterocycles. The maximum atomic E-state index is 9.56. The fourth-order valence-corrected chi connectivity index (χ4v) is 3.12. The number of hydrogen-bond donors (Lipinski definition) is 4. The molecule has 3 aromatic rings. The van der Waals surface area contributed by atoms with E-state index in [4.69, 9.17) is 17.3 Å². The predicted octanol–water partition coefficient (Wildman–Crippen LogP) is 1.69. The van der Waals surface area contributed by atoms with Gasteiger partial charge in [-0.1, -0.05) is 16.8 Å². The first-order valence-corrected chi connectivity index (χ1v) is 8.32. The molecule has 5 N–H and O–H groups in total. The smallest absolute Gasteiger partial charge is 0.229 e. The molecule has 0 aliphatic carbocycles. The van der Waals surface area contributed by atoms with Crippen LogP contribution in [0.4, 0.5) is 23.1 Å². The van der Waals surface area contributed by atoms with E-state index < -0.39 is 0 Å². The van der Waals surface area contributed by atoms with Gasteiger partial charge in [-0.05, 0) is 31.0 Å². The van der Waals surface area contributed by atoms with Gasteiger partial charge in [0.1, 0.15) is 5.52 Å². The third-order valence-corrected chi connectivity index (χ3v) is 4.63. The monoisotopic (exact) mass is 360 g/mol. The summed E-state index contributed by atoms with van der Waals surface area (Å²) in [6.45, 7) is 0.860. The summed E-state index contributed by atoms with van der Waals surface area (Å²) in [5.74, 6) is 1.05. The van der Waals surface area contributed by atoms with Crippen molar-refractivity contribution in [1.82, 2.24) is 25.4 Å². The van der Waals surface area contributed by atoms with E-state index >= 15 is 0 Å². The first-order valence-electron chi connectivity index (χ1n) is 7.94. The molecule has 130 valence electrons. The summed E-state index contributed by atoms with van der Waals surface area (Å²) >= 11 is 5.97. The zero-order valence-corrected chi connectivity index (χ0v) is 14.0. The molecule has 2 aromatic heterocycles. The van der Waals surface area contributed by atoms with E-state index in [9.17, 15) is 5.11 Å². The lowest BCUT2D eigenvalue weighted by Crippen LogP contribution is -2.33. The molecule has 1 fully saturated rings. The Kier molecular flexibility index (Phi) is 4.02. The molecule has 0 unspecified atom stereocenters. The Morgan fingerprint density at radius 3 is 3.08 bits per heavy atom. The van der Waals surface area contributed by atoms with E-state index in [-0.39, 0.29) is 12.6 Å². The lowest BCUT2D eigenvalue weighted by Gasteiger charge is -2.23. The number of aliphatic hydroxyl groups excluding tert-OH is 1. The molecule has 25 heavy (non-hydrogen) atoms. The topological polar surface area (TPSA) is 129 Å². The second kappa shape index (κ2) is 6.34. The highest BCUT2D eigenvalue weighted by atomic mass is 35.5. The van der Waals surface area contributed by atoms with Crippen molar-refractivity contribution in [3.63, 3.8) is 0 Å². The lowest BCUT2D eigenvalue weighted by molar-refractivity contribution is 0.265. The second-order valence-corrected chi connectivity index (χ2v) is 6.32. The standard InChI is InChI=1S/C15H17ClN8O/c16-10-4-3-8(6-11(10)17)18-13-12-14(22-23-21-12)20-15(19-13)24-5-1-2-9(24)7-25/h3-4,6,9,25H,1-2,5,7,17H2,(H2,18,19,20,21,22,23)/t9-/m1/s1. The Hall–Kier alpha value is -2.65. The Morgan fingerprint density at radius 2 is 2.28 bits per heavy atom. The van der Waals surface area contributed by atoms with E-state index in [2.05, 4.69) is 30.7 Å². The van der Waals surface area contributed by atoms with Crippen LogP contribution in [0, 0.1) is 0 Å². The van der Waals surface area contributed by atoms with Crippen molar-refractivity contribution in [3.8, 4) is 0 Å². The van der Waals surface area contributed by atoms with Crippen LogP contribution in [0.1, 0.15) is 12.8 Å². The molecular formula is C15H17ClN8O. The largest absolute Gasteiger partial charge is 0.397 e. The van der Waals surface area contributed by atoms with Gasteiger partial charge in [0.25, 0.3) is 0 Å². The third-order valence-electron chi connectivity index (χ3n) is 4.29. The molecule has 1 atom stereocenters. The number of anilines is 4. The maximum Gasteiger partial charge on any atom is 0.229 e. The van der Waals surface area contributed by atoms with Gasteiger partial charge in [0, 0.05) is 12.2 Å². The molecule has 1 aromatic carbocycles. The van der Waals surface area contributed by atoms with Crippen LogP contribution in [0.5, 0.6) is 0 Å². The van der Waals surface area contributed by atoms with Crippen molar-refractivity contribution in [1.29, 1.82) is 0 Å². The summed E-state index contributed by atoms with van der Waals surface area (Å²) in [7, 11) is 0. The maximum absolute atomic E-state index is 9.56. The van der Waals surface area contributed by atoms with Gasteiger partial charge in [-0.2, -0.15) is 9.97 Å². The molecular weight excluding hydrogens is 344 g/mol. The average molecular weight is 361 g/mol. The van der Waals surface area contributed by atoms with Crippen molar-refractivity contribution < 1.29 is 5.11 Å². The first-order chi connectivity index (χ1) is 12.2. The van der Waals surface area contributed by atoms with Gasteiger partial charge < -0.3 is 21.1 Å². The summed E-state index contributed by atoms with van der Waals surface area (Å²) in [5.41, 5.74) is 8.12. The predicted molar refractivity (Wildman–Crippen MR) is 96.1 cm³/mol. The van der Waals surface area contributed by atoms with Gasteiger partial charge in [0.05, 0.1) is 23.4 Å². The zero-order valence-electron chi connectivity index (χ0n) is 13.3. The van der Waals surface area contributed by atoms with Crippen LogP contribution in [0.3, 0.4) is 0 Å². The average Bonchev–Trinajstić information content (AvgIpc) is 3.26. The number of nitrogen functional groups attached to an aromatic ring is 1. The van der Waals surface area contributed by atoms with Crippen molar-refractivity contribution >= 4 is 45.9 Å². The van der Waals surface area contributed by atoms with E-state index in [1.54, 1.807) is 12.1 Å². The molecule has 0 radical (unpaired) electrons. The van der Waals surface area contributed by atoms with Crippen LogP contribution in [0.2, 0.25) is 5.02 Å². The van der Waals surface area contributed by atoms with Crippen molar-refractivity contribution in [3.05, 3.63) is 23.2 Å². The number of benzene rings is 1. The fourth-order valence-electron chi connectivity index (χ4n) is 3.00. The number of aromatic nitrogens is 5. The number of hydrogen-bond acceptors (Lipinski definition) is 8. The number of fused-ring (bicyclic) bond motifs is 1. The summed E-state index contributed by atoms with van der Waals surface area (Å²) in [6.07, 6.45) is 1.90. The number of rotatable bonds is 4. The number of halogens is 1. The molecule has 1 aliphatic rings. The van der Waals surface area contributed by atoms with Crippen LogP contribution in [0.15, 0.2) is 18.2 Å². The number of nitrogens with zero attached hydrogens (tertiary/aromatic N) is 5. The van der Waals surface area contributed by atoms with Crippen molar-refractivity contribution in [2.45, 2.75) is 18.9 Å². The Labute approximate surface area is 148 Å². The van der Waals surface area contributed by atoms with Crippen molar-refractivity contribution in [2.24, 2.45) is 0 Å². The van der Waals surface area contributed by atoms with Crippen LogP contribution in [-0.2, 0) is 0 Å². The highest BCUT2D eigenvalue weighted by Gasteiger charge is 2.27. The molecule has 0 bridgehead atoms. The summed E-state index contributed by atoms with van der Waals surface area (Å²) in [5, 5.41) is 23.9. The lowest BCUT2D eigenvalue weighted by atomic mass is 10.2. The Morgan fingerprint density at radius 1 is 1.40 bits per heavy atom. The van der Waals surface area contributed by atoms with Gasteiger partial charge in [-0.15, -0.1) is 5.10 Å².